The molecule has 1 rings (SSSR count). The zero-order valence-electron chi connectivity index (χ0n) is 11.0. The molecule has 4 heteroatoms. The van der Waals surface area contributed by atoms with Crippen LogP contribution in [0.2, 0.25) is 5.02 Å². The Morgan fingerprint density at radius 1 is 1.41 bits per heavy atom. The fraction of sp³-hybridized carbons (Fsp3) is 0.538. The number of nitrogens with zero attached hydrogens (tertiary/aromatic N) is 1. The van der Waals surface area contributed by atoms with Crippen molar-refractivity contribution in [3.63, 3.8) is 0 Å². The molecule has 1 aromatic carbocycles. The number of halogens is 1. The van der Waals surface area contributed by atoms with E-state index < -0.39 is 0 Å². The summed E-state index contributed by atoms with van der Waals surface area (Å²) in [6.45, 7) is 5.78. The number of nitrogens with two attached hydrogens (primary N) is 1. The smallest absolute Gasteiger partial charge is 0.120 e. The maximum atomic E-state index is 6.22. The van der Waals surface area contributed by atoms with E-state index in [0.29, 0.717) is 11.6 Å². The third-order valence-corrected chi connectivity index (χ3v) is 3.09. The molecular formula is C13H21ClN2O. The van der Waals surface area contributed by atoms with Crippen molar-refractivity contribution in [2.24, 2.45) is 11.1 Å². The predicted octanol–water partition coefficient (Wildman–Crippen LogP) is 2.77. The number of hydrogen-bond donors (Lipinski definition) is 1. The zero-order valence-corrected chi connectivity index (χ0v) is 11.7. The van der Waals surface area contributed by atoms with Crippen molar-refractivity contribution in [1.29, 1.82) is 0 Å². The number of benzene rings is 1. The van der Waals surface area contributed by atoms with Gasteiger partial charge in [-0.3, -0.25) is 0 Å². The van der Waals surface area contributed by atoms with Gasteiger partial charge in [0.15, 0.2) is 0 Å². The number of rotatable bonds is 5. The standard InChI is InChI=1S/C13H21ClN2O/c1-13(2,8-15)9-16(3)12-6-5-10(17-4)7-11(12)14/h5-7H,8-9,15H2,1-4H3. The lowest BCUT2D eigenvalue weighted by atomic mass is 9.93. The molecule has 17 heavy (non-hydrogen) atoms. The summed E-state index contributed by atoms with van der Waals surface area (Å²) >= 11 is 6.22. The van der Waals surface area contributed by atoms with Crippen LogP contribution < -0.4 is 15.4 Å². The van der Waals surface area contributed by atoms with E-state index in [9.17, 15) is 0 Å². The molecular weight excluding hydrogens is 236 g/mol. The third-order valence-electron chi connectivity index (χ3n) is 2.78. The van der Waals surface area contributed by atoms with Crippen LogP contribution >= 0.6 is 11.6 Å². The lowest BCUT2D eigenvalue weighted by Crippen LogP contribution is -2.36. The van der Waals surface area contributed by atoms with Crippen molar-refractivity contribution < 1.29 is 4.74 Å². The maximum absolute atomic E-state index is 6.22. The first kappa shape index (κ1) is 14.1. The zero-order chi connectivity index (χ0) is 13.1. The SMILES string of the molecule is COc1ccc(N(C)CC(C)(C)CN)c(Cl)c1. The maximum Gasteiger partial charge on any atom is 0.120 e. The van der Waals surface area contributed by atoms with Crippen LogP contribution in [0.1, 0.15) is 13.8 Å². The van der Waals surface area contributed by atoms with Crippen molar-refractivity contribution in [3.05, 3.63) is 23.2 Å². The number of anilines is 1. The minimum atomic E-state index is 0.0675. The van der Waals surface area contributed by atoms with Gasteiger partial charge in [0.25, 0.3) is 0 Å². The van der Waals surface area contributed by atoms with Crippen molar-refractivity contribution >= 4 is 17.3 Å². The van der Waals surface area contributed by atoms with Gasteiger partial charge in [-0.25, -0.2) is 0 Å². The van der Waals surface area contributed by atoms with Gasteiger partial charge >= 0.3 is 0 Å². The Kier molecular flexibility index (Phi) is 4.66. The van der Waals surface area contributed by atoms with Crippen molar-refractivity contribution in [3.8, 4) is 5.75 Å². The second-order valence-corrected chi connectivity index (χ2v) is 5.45. The molecule has 0 spiro atoms. The largest absolute Gasteiger partial charge is 0.497 e. The van der Waals surface area contributed by atoms with Gasteiger partial charge in [0.05, 0.1) is 17.8 Å². The second-order valence-electron chi connectivity index (χ2n) is 5.04. The van der Waals surface area contributed by atoms with E-state index in [1.54, 1.807) is 7.11 Å². The van der Waals surface area contributed by atoms with Crippen LogP contribution in [0.4, 0.5) is 5.69 Å². The van der Waals surface area contributed by atoms with Crippen LogP contribution in [0.5, 0.6) is 5.75 Å². The van der Waals surface area contributed by atoms with Gasteiger partial charge in [0.1, 0.15) is 5.75 Å². The van der Waals surface area contributed by atoms with Crippen LogP contribution in [-0.2, 0) is 0 Å². The first-order chi connectivity index (χ1) is 7.89. The van der Waals surface area contributed by atoms with E-state index >= 15 is 0 Å². The highest BCUT2D eigenvalue weighted by molar-refractivity contribution is 6.33. The third kappa shape index (κ3) is 3.79. The molecule has 0 bridgehead atoms. The van der Waals surface area contributed by atoms with E-state index in [0.717, 1.165) is 18.0 Å². The Balaban J connectivity index is 2.86. The molecule has 0 unspecified atom stereocenters. The van der Waals surface area contributed by atoms with Gasteiger partial charge < -0.3 is 15.4 Å². The summed E-state index contributed by atoms with van der Waals surface area (Å²) in [7, 11) is 3.65. The average Bonchev–Trinajstić information content (AvgIpc) is 2.28. The van der Waals surface area contributed by atoms with Crippen molar-refractivity contribution in [2.45, 2.75) is 13.8 Å². The quantitative estimate of drug-likeness (QED) is 0.881. The fourth-order valence-electron chi connectivity index (χ4n) is 1.72. The highest BCUT2D eigenvalue weighted by Gasteiger charge is 2.19. The summed E-state index contributed by atoms with van der Waals surface area (Å²) in [6, 6.07) is 5.70. The normalized spacial score (nSPS) is 11.4. The topological polar surface area (TPSA) is 38.5 Å². The lowest BCUT2D eigenvalue weighted by molar-refractivity contribution is 0.385. The highest BCUT2D eigenvalue weighted by atomic mass is 35.5. The van der Waals surface area contributed by atoms with Crippen molar-refractivity contribution in [1.82, 2.24) is 0 Å². The van der Waals surface area contributed by atoms with Crippen LogP contribution in [0, 0.1) is 5.41 Å². The lowest BCUT2D eigenvalue weighted by Gasteiger charge is -2.31. The van der Waals surface area contributed by atoms with Crippen molar-refractivity contribution in [2.75, 3.05) is 32.1 Å². The molecule has 0 aliphatic heterocycles. The molecule has 0 aliphatic carbocycles. The fourth-order valence-corrected chi connectivity index (χ4v) is 2.03. The summed E-state index contributed by atoms with van der Waals surface area (Å²) in [6.07, 6.45) is 0. The first-order valence-corrected chi connectivity index (χ1v) is 6.02. The van der Waals surface area contributed by atoms with Crippen LogP contribution in [0.25, 0.3) is 0 Å². The van der Waals surface area contributed by atoms with E-state index in [1.165, 1.54) is 0 Å². The predicted molar refractivity (Wildman–Crippen MR) is 74.1 cm³/mol. The molecule has 0 atom stereocenters. The van der Waals surface area contributed by atoms with Crippen LogP contribution in [0.3, 0.4) is 0 Å². The Morgan fingerprint density at radius 3 is 2.53 bits per heavy atom. The number of hydrogen-bond acceptors (Lipinski definition) is 3. The Morgan fingerprint density at radius 2 is 2.06 bits per heavy atom. The van der Waals surface area contributed by atoms with Crippen LogP contribution in [-0.4, -0.2) is 27.2 Å². The van der Waals surface area contributed by atoms with Gasteiger partial charge in [0.2, 0.25) is 0 Å². The molecule has 0 aromatic heterocycles. The molecule has 2 N–H and O–H groups in total. The highest BCUT2D eigenvalue weighted by Crippen LogP contribution is 2.30. The summed E-state index contributed by atoms with van der Waals surface area (Å²) < 4.78 is 5.13. The Labute approximate surface area is 109 Å². The molecule has 0 radical (unpaired) electrons. The minimum absolute atomic E-state index is 0.0675. The number of methoxy groups -OCH3 is 1. The van der Waals surface area contributed by atoms with E-state index in [1.807, 2.05) is 25.2 Å². The monoisotopic (exact) mass is 256 g/mol. The van der Waals surface area contributed by atoms with E-state index in [4.69, 9.17) is 22.1 Å². The first-order valence-electron chi connectivity index (χ1n) is 5.64. The molecule has 0 heterocycles. The average molecular weight is 257 g/mol. The molecule has 0 amide bonds. The molecule has 0 fully saturated rings. The minimum Gasteiger partial charge on any atom is -0.497 e. The number of ether oxygens (including phenoxy) is 1. The van der Waals surface area contributed by atoms with Gasteiger partial charge in [-0.1, -0.05) is 25.4 Å². The Hall–Kier alpha value is -0.930. The van der Waals surface area contributed by atoms with Gasteiger partial charge in [-0.2, -0.15) is 0 Å². The molecule has 0 saturated carbocycles. The van der Waals surface area contributed by atoms with Gasteiger partial charge in [0, 0.05) is 19.7 Å². The summed E-state index contributed by atoms with van der Waals surface area (Å²) in [5, 5.41) is 0.694. The van der Waals surface area contributed by atoms with Gasteiger partial charge in [-0.15, -0.1) is 0 Å². The summed E-state index contributed by atoms with van der Waals surface area (Å²) in [5.74, 6) is 0.769. The second kappa shape index (κ2) is 5.61. The molecule has 0 saturated heterocycles. The van der Waals surface area contributed by atoms with Gasteiger partial charge in [-0.05, 0) is 24.1 Å². The molecule has 1 aromatic rings. The molecule has 96 valence electrons. The summed E-state index contributed by atoms with van der Waals surface area (Å²) in [5.41, 5.74) is 6.80. The summed E-state index contributed by atoms with van der Waals surface area (Å²) in [4.78, 5) is 2.12. The van der Waals surface area contributed by atoms with Crippen LogP contribution in [0.15, 0.2) is 18.2 Å². The molecule has 0 aliphatic rings. The van der Waals surface area contributed by atoms with E-state index in [-0.39, 0.29) is 5.41 Å². The van der Waals surface area contributed by atoms with E-state index in [2.05, 4.69) is 18.7 Å². The molecule has 3 nitrogen and oxygen atoms in total. The Bertz CT molecular complexity index is 380.